The van der Waals surface area contributed by atoms with Crippen molar-refractivity contribution < 1.29 is 14.3 Å². The fourth-order valence-electron chi connectivity index (χ4n) is 2.75. The van der Waals surface area contributed by atoms with Crippen LogP contribution in [0, 0.1) is 13.8 Å². The molecule has 1 saturated heterocycles. The third kappa shape index (κ3) is 3.59. The zero-order valence-corrected chi connectivity index (χ0v) is 14.3. The fraction of sp³-hybridized carbons (Fsp3) is 0.444. The highest BCUT2D eigenvalue weighted by Crippen LogP contribution is 2.26. The summed E-state index contributed by atoms with van der Waals surface area (Å²) in [6.07, 6.45) is 0.976. The van der Waals surface area contributed by atoms with E-state index in [0.29, 0.717) is 24.5 Å². The predicted octanol–water partition coefficient (Wildman–Crippen LogP) is 2.94. The number of ether oxygens (including phenoxy) is 2. The van der Waals surface area contributed by atoms with Crippen LogP contribution in [0.2, 0.25) is 0 Å². The first kappa shape index (κ1) is 16.5. The van der Waals surface area contributed by atoms with E-state index in [9.17, 15) is 4.79 Å². The predicted molar refractivity (Wildman–Crippen MR) is 91.6 cm³/mol. The molecule has 0 bridgehead atoms. The summed E-state index contributed by atoms with van der Waals surface area (Å²) in [5, 5.41) is 7.24. The summed E-state index contributed by atoms with van der Waals surface area (Å²) >= 11 is 0. The number of nitrogens with zero attached hydrogens (tertiary/aromatic N) is 2. The summed E-state index contributed by atoms with van der Waals surface area (Å²) in [4.78, 5) is 12.5. The van der Waals surface area contributed by atoms with E-state index < -0.39 is 0 Å². The summed E-state index contributed by atoms with van der Waals surface area (Å²) in [5.41, 5.74) is 3.13. The van der Waals surface area contributed by atoms with Crippen molar-refractivity contribution in [1.29, 1.82) is 0 Å². The average Bonchev–Trinajstić information content (AvgIpc) is 3.19. The van der Waals surface area contributed by atoms with Crippen LogP contribution >= 0.6 is 0 Å². The van der Waals surface area contributed by atoms with E-state index in [4.69, 9.17) is 9.47 Å². The van der Waals surface area contributed by atoms with Crippen LogP contribution in [0.25, 0.3) is 0 Å². The summed E-state index contributed by atoms with van der Waals surface area (Å²) in [5.74, 6) is 0.611. The molecule has 2 aromatic rings. The third-order valence-electron chi connectivity index (χ3n) is 4.06. The lowest BCUT2D eigenvalue weighted by Gasteiger charge is -2.15. The molecule has 1 fully saturated rings. The number of aryl methyl sites for hydroxylation is 3. The molecule has 0 aliphatic carbocycles. The third-order valence-corrected chi connectivity index (χ3v) is 4.06. The summed E-state index contributed by atoms with van der Waals surface area (Å²) in [7, 11) is 0. The van der Waals surface area contributed by atoms with Crippen molar-refractivity contribution in [3.05, 3.63) is 41.2 Å². The molecule has 1 N–H and O–H groups in total. The molecule has 0 unspecified atom stereocenters. The molecule has 1 amide bonds. The van der Waals surface area contributed by atoms with Gasteiger partial charge in [0.05, 0.1) is 18.9 Å². The second kappa shape index (κ2) is 7.05. The van der Waals surface area contributed by atoms with Gasteiger partial charge in [0, 0.05) is 24.7 Å². The van der Waals surface area contributed by atoms with Gasteiger partial charge in [-0.25, -0.2) is 0 Å². The van der Waals surface area contributed by atoms with Crippen molar-refractivity contribution in [3.63, 3.8) is 0 Å². The van der Waals surface area contributed by atoms with Gasteiger partial charge in [0.1, 0.15) is 17.5 Å². The van der Waals surface area contributed by atoms with Crippen LogP contribution in [0.1, 0.15) is 35.1 Å². The number of aromatic nitrogens is 2. The Morgan fingerprint density at radius 1 is 1.42 bits per heavy atom. The maximum atomic E-state index is 12.5. The first-order valence-electron chi connectivity index (χ1n) is 8.27. The topological polar surface area (TPSA) is 65.4 Å². The number of hydrogen-bond acceptors (Lipinski definition) is 4. The van der Waals surface area contributed by atoms with Crippen molar-refractivity contribution in [2.75, 3.05) is 18.5 Å². The zero-order chi connectivity index (χ0) is 17.1. The molecule has 24 heavy (non-hydrogen) atoms. The largest absolute Gasteiger partial charge is 0.488 e. The minimum Gasteiger partial charge on any atom is -0.488 e. The van der Waals surface area contributed by atoms with Gasteiger partial charge in [-0.05, 0) is 38.5 Å². The van der Waals surface area contributed by atoms with Crippen molar-refractivity contribution >= 4 is 11.6 Å². The zero-order valence-electron chi connectivity index (χ0n) is 14.3. The number of carbonyl (C=O) groups is 1. The number of carbonyl (C=O) groups excluding carboxylic acids is 1. The average molecular weight is 329 g/mol. The van der Waals surface area contributed by atoms with Gasteiger partial charge in [0.2, 0.25) is 0 Å². The lowest BCUT2D eigenvalue weighted by molar-refractivity contribution is 0.101. The number of nitrogens with one attached hydrogen (secondary N) is 1. The Morgan fingerprint density at radius 3 is 2.96 bits per heavy atom. The maximum Gasteiger partial charge on any atom is 0.273 e. The van der Waals surface area contributed by atoms with Gasteiger partial charge in [-0.15, -0.1) is 0 Å². The summed E-state index contributed by atoms with van der Waals surface area (Å²) in [6, 6.07) is 7.49. The van der Waals surface area contributed by atoms with Gasteiger partial charge >= 0.3 is 0 Å². The second-order valence-electron chi connectivity index (χ2n) is 6.02. The van der Waals surface area contributed by atoms with Crippen LogP contribution in [0.4, 0.5) is 5.69 Å². The summed E-state index contributed by atoms with van der Waals surface area (Å²) in [6.45, 7) is 7.84. The normalized spacial score (nSPS) is 17.0. The number of amides is 1. The number of hydrogen-bond donors (Lipinski definition) is 1. The molecule has 6 heteroatoms. The van der Waals surface area contributed by atoms with E-state index in [0.717, 1.165) is 30.0 Å². The SMILES string of the molecule is CCn1nc(C)cc1C(=O)Nc1ccc(C)c(O[C@@H]2CCOC2)c1. The monoisotopic (exact) mass is 329 g/mol. The van der Waals surface area contributed by atoms with E-state index in [1.807, 2.05) is 39.0 Å². The molecule has 1 aromatic carbocycles. The van der Waals surface area contributed by atoms with Crippen LogP contribution in [-0.4, -0.2) is 35.0 Å². The van der Waals surface area contributed by atoms with E-state index in [1.54, 1.807) is 10.7 Å². The van der Waals surface area contributed by atoms with E-state index in [2.05, 4.69) is 10.4 Å². The standard InChI is InChI=1S/C18H23N3O3/c1-4-21-16(9-13(3)20-21)18(22)19-14-6-5-12(2)17(10-14)24-15-7-8-23-11-15/h5-6,9-10,15H,4,7-8,11H2,1-3H3,(H,19,22)/t15-/m1/s1. The lowest BCUT2D eigenvalue weighted by Crippen LogP contribution is -2.18. The Kier molecular flexibility index (Phi) is 4.85. The van der Waals surface area contributed by atoms with Crippen LogP contribution in [0.3, 0.4) is 0 Å². The van der Waals surface area contributed by atoms with Gasteiger partial charge in [-0.1, -0.05) is 6.07 Å². The Morgan fingerprint density at radius 2 is 2.25 bits per heavy atom. The molecular weight excluding hydrogens is 306 g/mol. The maximum absolute atomic E-state index is 12.5. The number of benzene rings is 1. The fourth-order valence-corrected chi connectivity index (χ4v) is 2.75. The van der Waals surface area contributed by atoms with E-state index >= 15 is 0 Å². The van der Waals surface area contributed by atoms with Crippen LogP contribution in [0.5, 0.6) is 5.75 Å². The highest BCUT2D eigenvalue weighted by molar-refractivity contribution is 6.03. The molecular formula is C18H23N3O3. The summed E-state index contributed by atoms with van der Waals surface area (Å²) < 4.78 is 13.0. The van der Waals surface area contributed by atoms with Crippen molar-refractivity contribution in [1.82, 2.24) is 9.78 Å². The van der Waals surface area contributed by atoms with Crippen LogP contribution in [-0.2, 0) is 11.3 Å². The van der Waals surface area contributed by atoms with Crippen molar-refractivity contribution in [3.8, 4) is 5.75 Å². The van der Waals surface area contributed by atoms with Gasteiger partial charge in [0.25, 0.3) is 5.91 Å². The number of rotatable bonds is 5. The highest BCUT2D eigenvalue weighted by atomic mass is 16.5. The molecule has 2 heterocycles. The van der Waals surface area contributed by atoms with Crippen LogP contribution in [0.15, 0.2) is 24.3 Å². The van der Waals surface area contributed by atoms with Gasteiger partial charge in [-0.2, -0.15) is 5.10 Å². The Bertz CT molecular complexity index is 733. The van der Waals surface area contributed by atoms with Crippen LogP contribution < -0.4 is 10.1 Å². The Labute approximate surface area is 141 Å². The molecule has 3 rings (SSSR count). The highest BCUT2D eigenvalue weighted by Gasteiger charge is 2.19. The van der Waals surface area contributed by atoms with Crippen molar-refractivity contribution in [2.45, 2.75) is 39.8 Å². The van der Waals surface area contributed by atoms with E-state index in [-0.39, 0.29) is 12.0 Å². The minimum atomic E-state index is -0.170. The molecule has 1 aliphatic heterocycles. The van der Waals surface area contributed by atoms with Gasteiger partial charge in [0.15, 0.2) is 0 Å². The molecule has 128 valence electrons. The first-order valence-corrected chi connectivity index (χ1v) is 8.27. The quantitative estimate of drug-likeness (QED) is 0.916. The molecule has 0 saturated carbocycles. The van der Waals surface area contributed by atoms with E-state index in [1.165, 1.54) is 0 Å². The molecule has 1 atom stereocenters. The number of anilines is 1. The second-order valence-corrected chi connectivity index (χ2v) is 6.02. The minimum absolute atomic E-state index is 0.0822. The molecule has 1 aromatic heterocycles. The molecule has 6 nitrogen and oxygen atoms in total. The molecule has 1 aliphatic rings. The Hall–Kier alpha value is -2.34. The molecule has 0 spiro atoms. The van der Waals surface area contributed by atoms with Crippen molar-refractivity contribution in [2.24, 2.45) is 0 Å². The lowest BCUT2D eigenvalue weighted by atomic mass is 10.2. The Balaban J connectivity index is 1.75. The molecule has 0 radical (unpaired) electrons. The first-order chi connectivity index (χ1) is 11.6. The van der Waals surface area contributed by atoms with Gasteiger partial charge < -0.3 is 14.8 Å². The smallest absolute Gasteiger partial charge is 0.273 e. The van der Waals surface area contributed by atoms with Gasteiger partial charge in [-0.3, -0.25) is 9.48 Å².